The van der Waals surface area contributed by atoms with Crippen LogP contribution in [0, 0.1) is 0 Å². The predicted octanol–water partition coefficient (Wildman–Crippen LogP) is 19.1. The zero-order valence-electron chi connectivity index (χ0n) is 42.3. The van der Waals surface area contributed by atoms with Crippen molar-refractivity contribution in [1.29, 1.82) is 0 Å². The molecular weight excluding hydrogens is 917 g/mol. The van der Waals surface area contributed by atoms with E-state index in [0.29, 0.717) is 0 Å². The molecule has 13 rings (SSSR count). The summed E-state index contributed by atoms with van der Waals surface area (Å²) in [7, 11) is 0. The second-order valence-corrected chi connectivity index (χ2v) is 19.9. The third kappa shape index (κ3) is 7.98. The minimum absolute atomic E-state index is 0.616. The van der Waals surface area contributed by atoms with Crippen LogP contribution in [0.4, 0.5) is 34.1 Å². The molecular formula is C74H56N2. The molecule has 0 aromatic heterocycles. The van der Waals surface area contributed by atoms with E-state index in [4.69, 9.17) is 0 Å². The third-order valence-electron chi connectivity index (χ3n) is 15.7. The first-order valence-electron chi connectivity index (χ1n) is 26.6. The van der Waals surface area contributed by atoms with Gasteiger partial charge in [0.05, 0.1) is 10.8 Å². The molecule has 0 bridgehead atoms. The van der Waals surface area contributed by atoms with Gasteiger partial charge in [-0.25, -0.2) is 0 Å². The number of rotatable bonds is 12. The minimum atomic E-state index is -0.743. The zero-order chi connectivity index (χ0) is 50.7. The highest BCUT2D eigenvalue weighted by Crippen LogP contribution is 2.60. The van der Waals surface area contributed by atoms with Crippen LogP contribution < -0.4 is 9.80 Å². The van der Waals surface area contributed by atoms with Crippen molar-refractivity contribution in [3.8, 4) is 11.1 Å². The number of anilines is 6. The fraction of sp³-hybridized carbons (Fsp3) is 0.0541. The molecule has 0 N–H and O–H groups in total. The third-order valence-corrected chi connectivity index (χ3v) is 15.7. The minimum Gasteiger partial charge on any atom is -0.311 e. The Balaban J connectivity index is 1.02. The Bertz CT molecular complexity index is 3720. The molecule has 362 valence electrons. The molecule has 0 fully saturated rings. The molecule has 11 aromatic rings. The summed E-state index contributed by atoms with van der Waals surface area (Å²) in [4.78, 5) is 4.75. The van der Waals surface area contributed by atoms with Gasteiger partial charge in [0.2, 0.25) is 0 Å². The summed E-state index contributed by atoms with van der Waals surface area (Å²) in [6.45, 7) is 0. The molecule has 2 heteroatoms. The highest BCUT2D eigenvalue weighted by molar-refractivity contribution is 5.83. The Hall–Kier alpha value is -9.50. The van der Waals surface area contributed by atoms with E-state index in [2.05, 4.69) is 325 Å². The normalized spacial score (nSPS) is 13.9. The standard InChI is InChI=1S/C74H56N2/c1-7-23-55(24-8-1)57-39-47-65(48-40-57)75(63-31-15-5-16-32-63)67-51-43-61(44-52-67)74(62-45-53-68(54-46-62)76(64-33-17-6-18-34-64)66-49-41-58(42-50-66)56-25-9-2-10-26-56)71-37-21-19-35-69(71)73(59-27-11-3-12-28-59,60-29-13-4-14-30-60)70-36-20-22-38-72(70)74/h1,3-9,11-54H,2,10H2. The first kappa shape index (κ1) is 46.3. The Morgan fingerprint density at radius 2 is 0.526 bits per heavy atom. The lowest BCUT2D eigenvalue weighted by molar-refractivity contribution is 0.615. The van der Waals surface area contributed by atoms with Crippen molar-refractivity contribution in [2.75, 3.05) is 9.80 Å². The van der Waals surface area contributed by atoms with Crippen molar-refractivity contribution in [3.63, 3.8) is 0 Å². The Kier molecular flexibility index (Phi) is 12.2. The van der Waals surface area contributed by atoms with Crippen molar-refractivity contribution in [3.05, 3.63) is 366 Å². The summed E-state index contributed by atoms with van der Waals surface area (Å²) in [6.07, 6.45) is 9.06. The number of nitrogens with zero attached hydrogens (tertiary/aromatic N) is 2. The topological polar surface area (TPSA) is 6.48 Å². The number of hydrogen-bond acceptors (Lipinski definition) is 2. The van der Waals surface area contributed by atoms with Crippen LogP contribution in [0.5, 0.6) is 0 Å². The monoisotopic (exact) mass is 972 g/mol. The van der Waals surface area contributed by atoms with Gasteiger partial charge in [0.15, 0.2) is 0 Å². The molecule has 0 aliphatic heterocycles. The molecule has 0 unspecified atom stereocenters. The molecule has 0 spiro atoms. The van der Waals surface area contributed by atoms with Gasteiger partial charge in [-0.15, -0.1) is 0 Å². The number of allylic oxidation sites excluding steroid dienone is 4. The second-order valence-electron chi connectivity index (χ2n) is 19.9. The molecule has 0 radical (unpaired) electrons. The van der Waals surface area contributed by atoms with Crippen molar-refractivity contribution in [1.82, 2.24) is 0 Å². The van der Waals surface area contributed by atoms with E-state index in [9.17, 15) is 0 Å². The first-order valence-corrected chi connectivity index (χ1v) is 26.6. The van der Waals surface area contributed by atoms with Gasteiger partial charge in [-0.05, 0) is 152 Å². The fourth-order valence-corrected chi connectivity index (χ4v) is 12.4. The summed E-state index contributed by atoms with van der Waals surface area (Å²) in [5.41, 5.74) is 20.0. The Morgan fingerprint density at radius 3 is 0.895 bits per heavy atom. The van der Waals surface area contributed by atoms with Crippen molar-refractivity contribution in [2.24, 2.45) is 0 Å². The van der Waals surface area contributed by atoms with Crippen molar-refractivity contribution in [2.45, 2.75) is 23.7 Å². The summed E-state index contributed by atoms with van der Waals surface area (Å²) >= 11 is 0. The summed E-state index contributed by atoms with van der Waals surface area (Å²) in [6, 6.07) is 110. The highest BCUT2D eigenvalue weighted by Gasteiger charge is 2.53. The maximum Gasteiger partial charge on any atom is 0.0708 e. The van der Waals surface area contributed by atoms with Crippen LogP contribution >= 0.6 is 0 Å². The lowest BCUT2D eigenvalue weighted by Crippen LogP contribution is -2.45. The smallest absolute Gasteiger partial charge is 0.0708 e. The van der Waals surface area contributed by atoms with E-state index in [1.165, 1.54) is 66.8 Å². The second kappa shape index (κ2) is 20.1. The van der Waals surface area contributed by atoms with E-state index in [1.807, 2.05) is 0 Å². The summed E-state index contributed by atoms with van der Waals surface area (Å²) in [5, 5.41) is 0. The van der Waals surface area contributed by atoms with Crippen LogP contribution in [-0.2, 0) is 10.8 Å². The lowest BCUT2D eigenvalue weighted by Gasteiger charge is -2.51. The SMILES string of the molecule is C1=CC(c2ccc(N(c3ccccc3)c3ccc(C4(c5ccc(N(c6ccccc6)c6ccc(-c7ccccc7)cc6)cc5)c5ccccc5C(c5ccccc5)(c5ccccc5)c5ccccc54)cc3)cc2)=CCC1. The van der Waals surface area contributed by atoms with Crippen LogP contribution in [0.15, 0.2) is 315 Å². The van der Waals surface area contributed by atoms with Crippen LogP contribution in [-0.4, -0.2) is 0 Å². The van der Waals surface area contributed by atoms with Gasteiger partial charge in [-0.3, -0.25) is 0 Å². The fourth-order valence-electron chi connectivity index (χ4n) is 12.4. The van der Waals surface area contributed by atoms with Crippen molar-refractivity contribution < 1.29 is 0 Å². The van der Waals surface area contributed by atoms with E-state index in [-0.39, 0.29) is 0 Å². The number of hydrogen-bond donors (Lipinski definition) is 0. The molecule has 2 nitrogen and oxygen atoms in total. The molecule has 0 atom stereocenters. The Morgan fingerprint density at radius 1 is 0.237 bits per heavy atom. The number of fused-ring (bicyclic) bond motifs is 2. The molecule has 76 heavy (non-hydrogen) atoms. The van der Waals surface area contributed by atoms with E-state index in [1.54, 1.807) is 0 Å². The largest absolute Gasteiger partial charge is 0.311 e. The van der Waals surface area contributed by atoms with Gasteiger partial charge < -0.3 is 9.80 Å². The maximum atomic E-state index is 2.40. The number of benzene rings is 11. The first-order chi connectivity index (χ1) is 37.7. The van der Waals surface area contributed by atoms with Gasteiger partial charge in [-0.2, -0.15) is 0 Å². The van der Waals surface area contributed by atoms with Gasteiger partial charge in [0.1, 0.15) is 0 Å². The average molecular weight is 973 g/mol. The highest BCUT2D eigenvalue weighted by atomic mass is 15.1. The van der Waals surface area contributed by atoms with Gasteiger partial charge in [0, 0.05) is 34.1 Å². The molecule has 0 amide bonds. The van der Waals surface area contributed by atoms with Gasteiger partial charge >= 0.3 is 0 Å². The average Bonchev–Trinajstić information content (AvgIpc) is 3.68. The zero-order valence-corrected chi connectivity index (χ0v) is 42.3. The molecule has 11 aromatic carbocycles. The van der Waals surface area contributed by atoms with Crippen LogP contribution in [0.2, 0.25) is 0 Å². The molecule has 0 saturated carbocycles. The maximum absolute atomic E-state index is 2.40. The molecule has 0 saturated heterocycles. The lowest BCUT2D eigenvalue weighted by atomic mass is 9.50. The van der Waals surface area contributed by atoms with E-state index >= 15 is 0 Å². The van der Waals surface area contributed by atoms with Crippen LogP contribution in [0.3, 0.4) is 0 Å². The summed E-state index contributed by atoms with van der Waals surface area (Å²) in [5.74, 6) is 0. The quantitative estimate of drug-likeness (QED) is 0.120. The predicted molar refractivity (Wildman–Crippen MR) is 318 cm³/mol. The van der Waals surface area contributed by atoms with Crippen molar-refractivity contribution >= 4 is 39.7 Å². The van der Waals surface area contributed by atoms with E-state index < -0.39 is 10.8 Å². The molecule has 0 heterocycles. The van der Waals surface area contributed by atoms with Crippen LogP contribution in [0.1, 0.15) is 62.9 Å². The summed E-state index contributed by atoms with van der Waals surface area (Å²) < 4.78 is 0. The molecule has 2 aliphatic carbocycles. The van der Waals surface area contributed by atoms with Crippen LogP contribution in [0.25, 0.3) is 16.7 Å². The van der Waals surface area contributed by atoms with E-state index in [0.717, 1.165) is 47.0 Å². The molecule has 2 aliphatic rings. The number of para-hydroxylation sites is 2. The van der Waals surface area contributed by atoms with Gasteiger partial charge in [-0.1, -0.05) is 243 Å². The Labute approximate surface area is 447 Å². The van der Waals surface area contributed by atoms with Gasteiger partial charge in [0.25, 0.3) is 0 Å².